The summed E-state index contributed by atoms with van der Waals surface area (Å²) in [6, 6.07) is 5.86. The van der Waals surface area contributed by atoms with Gasteiger partial charge in [-0.2, -0.15) is 8.94 Å². The van der Waals surface area contributed by atoms with Crippen LogP contribution in [0, 0.1) is 0 Å². The molecule has 4 nitrogen and oxygen atoms in total. The first-order valence-corrected chi connectivity index (χ1v) is 6.89. The lowest BCUT2D eigenvalue weighted by molar-refractivity contribution is -0.686. The first-order chi connectivity index (χ1) is 8.94. The lowest BCUT2D eigenvalue weighted by Crippen LogP contribution is -3.00. The van der Waals surface area contributed by atoms with Crippen molar-refractivity contribution in [1.82, 2.24) is 4.37 Å². The fourth-order valence-electron chi connectivity index (χ4n) is 1.62. The van der Waals surface area contributed by atoms with Crippen LogP contribution in [0.2, 0.25) is 0 Å². The third-order valence-corrected chi connectivity index (χ3v) is 2.92. The van der Waals surface area contributed by atoms with E-state index < -0.39 is 5.60 Å². The molecule has 20 heavy (non-hydrogen) atoms. The van der Waals surface area contributed by atoms with Crippen molar-refractivity contribution in [2.45, 2.75) is 32.9 Å². The molecule has 0 bridgehead atoms. The second-order valence-corrected chi connectivity index (χ2v) is 5.90. The van der Waals surface area contributed by atoms with Gasteiger partial charge in [0.15, 0.2) is 12.4 Å². The molecule has 0 atom stereocenters. The molecule has 6 heteroatoms. The molecule has 0 amide bonds. The SMILES string of the molecule is CC(C)(C)OC(=O)C[n+]1ccc(-c2ccsn2)cc1.[Cl-]. The van der Waals surface area contributed by atoms with E-state index in [0.717, 1.165) is 11.3 Å². The smallest absolute Gasteiger partial charge is 0.373 e. The third-order valence-electron chi connectivity index (χ3n) is 2.36. The number of halogens is 1. The van der Waals surface area contributed by atoms with Gasteiger partial charge in [-0.15, -0.1) is 0 Å². The Kier molecular flexibility index (Phi) is 5.65. The van der Waals surface area contributed by atoms with E-state index in [4.69, 9.17) is 4.74 Å². The normalized spacial score (nSPS) is 10.8. The summed E-state index contributed by atoms with van der Waals surface area (Å²) >= 11 is 1.42. The van der Waals surface area contributed by atoms with E-state index in [9.17, 15) is 4.79 Å². The van der Waals surface area contributed by atoms with Gasteiger partial charge in [0.2, 0.25) is 6.54 Å². The van der Waals surface area contributed by atoms with Crippen molar-refractivity contribution in [1.29, 1.82) is 0 Å². The fraction of sp³-hybridized carbons (Fsp3) is 0.357. The number of hydrogen-bond donors (Lipinski definition) is 0. The Morgan fingerprint density at radius 1 is 1.30 bits per heavy atom. The van der Waals surface area contributed by atoms with Gasteiger partial charge in [-0.1, -0.05) is 0 Å². The minimum atomic E-state index is -0.446. The molecule has 0 saturated carbocycles. The Morgan fingerprint density at radius 2 is 1.95 bits per heavy atom. The zero-order valence-corrected chi connectivity index (χ0v) is 13.2. The maximum Gasteiger partial charge on any atom is 0.373 e. The van der Waals surface area contributed by atoms with E-state index in [0.29, 0.717) is 0 Å². The van der Waals surface area contributed by atoms with Crippen LogP contribution in [0.5, 0.6) is 0 Å². The van der Waals surface area contributed by atoms with E-state index in [-0.39, 0.29) is 24.9 Å². The molecule has 0 aliphatic carbocycles. The van der Waals surface area contributed by atoms with Gasteiger partial charge in [0.05, 0.1) is 5.69 Å². The maximum atomic E-state index is 11.7. The Bertz CT molecular complexity index is 548. The first kappa shape index (κ1) is 16.6. The molecule has 0 aliphatic rings. The Morgan fingerprint density at radius 3 is 2.45 bits per heavy atom. The fourth-order valence-corrected chi connectivity index (χ4v) is 2.15. The van der Waals surface area contributed by atoms with Crippen molar-refractivity contribution in [3.8, 4) is 11.3 Å². The number of nitrogens with zero attached hydrogens (tertiary/aromatic N) is 2. The van der Waals surface area contributed by atoms with Crippen molar-refractivity contribution >= 4 is 17.5 Å². The van der Waals surface area contributed by atoms with Crippen LogP contribution in [0.15, 0.2) is 36.0 Å². The predicted molar refractivity (Wildman–Crippen MR) is 73.6 cm³/mol. The summed E-state index contributed by atoms with van der Waals surface area (Å²) in [5, 5.41) is 1.94. The van der Waals surface area contributed by atoms with Gasteiger partial charge in [-0.05, 0) is 38.4 Å². The summed E-state index contributed by atoms with van der Waals surface area (Å²) in [6.45, 7) is 5.80. The van der Waals surface area contributed by atoms with Crippen LogP contribution < -0.4 is 17.0 Å². The number of carbonyl (C=O) groups excluding carboxylic acids is 1. The monoisotopic (exact) mass is 312 g/mol. The standard InChI is InChI=1S/C14H17N2O2S.ClH/c1-14(2,3)18-13(17)10-16-7-4-11(5-8-16)12-6-9-19-15-12;/h4-9H,10H2,1-3H3;1H/q+1;/p-1. The lowest BCUT2D eigenvalue weighted by Gasteiger charge is -2.18. The molecule has 0 N–H and O–H groups in total. The number of esters is 1. The number of rotatable bonds is 3. The van der Waals surface area contributed by atoms with Gasteiger partial charge in [0.1, 0.15) is 5.60 Å². The molecule has 2 heterocycles. The van der Waals surface area contributed by atoms with Crippen molar-refractivity contribution in [3.05, 3.63) is 36.0 Å². The van der Waals surface area contributed by atoms with Crippen LogP contribution in [0.25, 0.3) is 11.3 Å². The van der Waals surface area contributed by atoms with Crippen LogP contribution in [0.4, 0.5) is 0 Å². The second-order valence-electron chi connectivity index (χ2n) is 5.23. The molecule has 2 rings (SSSR count). The maximum absolute atomic E-state index is 11.7. The van der Waals surface area contributed by atoms with Gasteiger partial charge in [0, 0.05) is 23.1 Å². The van der Waals surface area contributed by atoms with Crippen molar-refractivity contribution in [2.75, 3.05) is 0 Å². The average Bonchev–Trinajstić information content (AvgIpc) is 2.80. The van der Waals surface area contributed by atoms with Gasteiger partial charge in [0.25, 0.3) is 0 Å². The molecule has 2 aromatic heterocycles. The highest BCUT2D eigenvalue weighted by Crippen LogP contribution is 2.16. The molecule has 2 aromatic rings. The largest absolute Gasteiger partial charge is 1.00 e. The number of aromatic nitrogens is 2. The van der Waals surface area contributed by atoms with Gasteiger partial charge >= 0.3 is 5.97 Å². The van der Waals surface area contributed by atoms with Gasteiger partial charge in [-0.25, -0.2) is 4.79 Å². The lowest BCUT2D eigenvalue weighted by atomic mass is 10.2. The Labute approximate surface area is 129 Å². The van der Waals surface area contributed by atoms with Crippen molar-refractivity contribution < 1.29 is 26.5 Å². The summed E-state index contributed by atoms with van der Waals surface area (Å²) in [7, 11) is 0. The summed E-state index contributed by atoms with van der Waals surface area (Å²) < 4.78 is 11.3. The van der Waals surface area contributed by atoms with Crippen LogP contribution in [0.3, 0.4) is 0 Å². The van der Waals surface area contributed by atoms with Crippen LogP contribution in [0.1, 0.15) is 20.8 Å². The predicted octanol–water partition coefficient (Wildman–Crippen LogP) is -0.557. The average molecular weight is 313 g/mol. The topological polar surface area (TPSA) is 43.1 Å². The molecule has 0 saturated heterocycles. The van der Waals surface area contributed by atoms with Crippen molar-refractivity contribution in [3.63, 3.8) is 0 Å². The molecular formula is C14H17ClN2O2S. The van der Waals surface area contributed by atoms with E-state index >= 15 is 0 Å². The quantitative estimate of drug-likeness (QED) is 0.564. The molecule has 0 fully saturated rings. The molecule has 0 unspecified atom stereocenters. The summed E-state index contributed by atoms with van der Waals surface area (Å²) in [6.07, 6.45) is 3.72. The number of hydrogen-bond acceptors (Lipinski definition) is 4. The van der Waals surface area contributed by atoms with E-state index in [1.807, 2.05) is 56.7 Å². The first-order valence-electron chi connectivity index (χ1n) is 6.06. The third kappa shape index (κ3) is 4.90. The van der Waals surface area contributed by atoms with E-state index in [1.165, 1.54) is 11.5 Å². The molecule has 0 aromatic carbocycles. The Hall–Kier alpha value is -1.46. The van der Waals surface area contributed by atoms with Crippen LogP contribution in [-0.2, 0) is 16.1 Å². The Balaban J connectivity index is 0.00000200. The molecule has 0 spiro atoms. The molecule has 108 valence electrons. The number of pyridine rings is 1. The van der Waals surface area contributed by atoms with Crippen LogP contribution in [-0.4, -0.2) is 15.9 Å². The second kappa shape index (κ2) is 6.81. The molecule has 0 aliphatic heterocycles. The van der Waals surface area contributed by atoms with E-state index in [2.05, 4.69) is 4.37 Å². The zero-order valence-electron chi connectivity index (χ0n) is 11.7. The minimum absolute atomic E-state index is 0. The highest BCUT2D eigenvalue weighted by molar-refractivity contribution is 7.03. The summed E-state index contributed by atoms with van der Waals surface area (Å²) in [5.41, 5.74) is 1.55. The van der Waals surface area contributed by atoms with Gasteiger partial charge in [-0.3, -0.25) is 0 Å². The number of ether oxygens (including phenoxy) is 1. The van der Waals surface area contributed by atoms with Crippen molar-refractivity contribution in [2.24, 2.45) is 0 Å². The number of carbonyl (C=O) groups is 1. The molecule has 0 radical (unpaired) electrons. The summed E-state index contributed by atoms with van der Waals surface area (Å²) in [5.74, 6) is -0.237. The highest BCUT2D eigenvalue weighted by atomic mass is 35.5. The zero-order chi connectivity index (χ0) is 13.9. The van der Waals surface area contributed by atoms with Gasteiger partial charge < -0.3 is 17.1 Å². The minimum Gasteiger partial charge on any atom is -1.00 e. The van der Waals surface area contributed by atoms with E-state index in [1.54, 1.807) is 4.57 Å². The summed E-state index contributed by atoms with van der Waals surface area (Å²) in [4.78, 5) is 11.7. The van der Waals surface area contributed by atoms with Crippen LogP contribution >= 0.6 is 11.5 Å². The molecular weight excluding hydrogens is 296 g/mol. The highest BCUT2D eigenvalue weighted by Gasteiger charge is 2.19.